The number of carbonyl (C=O) groups is 3. The van der Waals surface area contributed by atoms with Crippen molar-refractivity contribution in [2.45, 2.75) is 89.1 Å². The van der Waals surface area contributed by atoms with Crippen LogP contribution in [0.3, 0.4) is 0 Å². The molecule has 1 aliphatic carbocycles. The zero-order chi connectivity index (χ0) is 35.5. The summed E-state index contributed by atoms with van der Waals surface area (Å²) in [4.78, 5) is 52.5. The van der Waals surface area contributed by atoms with Crippen molar-refractivity contribution in [2.75, 3.05) is 6.26 Å². The number of fused-ring (bicyclic) bond motifs is 1. The Hall–Kier alpha value is -3.55. The highest BCUT2D eigenvalue weighted by molar-refractivity contribution is 7.88. The van der Waals surface area contributed by atoms with Crippen LogP contribution >= 0.6 is 23.2 Å². The molecule has 0 saturated heterocycles. The van der Waals surface area contributed by atoms with Gasteiger partial charge in [0.2, 0.25) is 10.0 Å². The van der Waals surface area contributed by atoms with Crippen LogP contribution in [-0.2, 0) is 42.2 Å². The van der Waals surface area contributed by atoms with E-state index in [1.807, 2.05) is 0 Å². The van der Waals surface area contributed by atoms with Crippen molar-refractivity contribution in [2.24, 2.45) is 0 Å². The number of sulfonamides is 1. The molecular weight excluding hydrogens is 691 g/mol. The Balaban J connectivity index is 1.44. The predicted octanol–water partition coefficient (Wildman–Crippen LogP) is 5.66. The number of halogens is 2. The third-order valence-corrected chi connectivity index (χ3v) is 9.73. The fourth-order valence-electron chi connectivity index (χ4n) is 6.56. The number of amides is 2. The summed E-state index contributed by atoms with van der Waals surface area (Å²) in [6.07, 6.45) is 5.29. The molecule has 1 saturated carbocycles. The van der Waals surface area contributed by atoms with Crippen molar-refractivity contribution >= 4 is 51.0 Å². The SMILES string of the molecule is CC(C)(C)OC(=O)Cc1ccc(CONC(=O)[C@@H]2c3ccccc3C(=O)N([C@H]3CCCC[C@@H]3NS(C)(=O)=O)[C@H]2c2ccc(Cl)cc2Cl)nc1. The number of rotatable bonds is 10. The average molecular weight is 732 g/mol. The van der Waals surface area contributed by atoms with Crippen LogP contribution in [0.1, 0.15) is 91.2 Å². The lowest BCUT2D eigenvalue weighted by Gasteiger charge is -2.49. The second-order valence-corrected chi connectivity index (χ2v) is 16.0. The van der Waals surface area contributed by atoms with Crippen LogP contribution in [-0.4, -0.2) is 60.0 Å². The summed E-state index contributed by atoms with van der Waals surface area (Å²) in [5, 5.41) is 0.638. The van der Waals surface area contributed by atoms with Crippen molar-refractivity contribution < 1.29 is 32.4 Å². The number of aromatic nitrogens is 1. The summed E-state index contributed by atoms with van der Waals surface area (Å²) in [5.41, 5.74) is 4.43. The lowest BCUT2D eigenvalue weighted by atomic mass is 9.76. The van der Waals surface area contributed by atoms with Crippen molar-refractivity contribution in [3.05, 3.63) is 98.8 Å². The molecule has 1 aliphatic heterocycles. The number of nitrogens with zero attached hydrogens (tertiary/aromatic N) is 2. The summed E-state index contributed by atoms with van der Waals surface area (Å²) < 4.78 is 32.9. The number of benzene rings is 2. The number of pyridine rings is 1. The minimum atomic E-state index is -3.61. The number of hydrogen-bond acceptors (Lipinski definition) is 8. The number of hydrogen-bond donors (Lipinski definition) is 2. The van der Waals surface area contributed by atoms with E-state index in [9.17, 15) is 22.8 Å². The molecular formula is C35H40Cl2N4O7S. The van der Waals surface area contributed by atoms with E-state index in [4.69, 9.17) is 32.8 Å². The lowest BCUT2D eigenvalue weighted by Crippen LogP contribution is -2.59. The molecule has 14 heteroatoms. The van der Waals surface area contributed by atoms with E-state index in [0.717, 1.165) is 19.1 Å². The summed E-state index contributed by atoms with van der Waals surface area (Å²) in [5.74, 6) is -2.23. The van der Waals surface area contributed by atoms with Crippen molar-refractivity contribution in [3.63, 3.8) is 0 Å². The first-order valence-electron chi connectivity index (χ1n) is 16.0. The number of ether oxygens (including phenoxy) is 1. The van der Waals surface area contributed by atoms with E-state index in [2.05, 4.69) is 15.2 Å². The first-order chi connectivity index (χ1) is 23.1. The van der Waals surface area contributed by atoms with Crippen LogP contribution in [0.5, 0.6) is 0 Å². The highest BCUT2D eigenvalue weighted by Crippen LogP contribution is 2.47. The van der Waals surface area contributed by atoms with E-state index in [1.165, 1.54) is 0 Å². The highest BCUT2D eigenvalue weighted by atomic mass is 35.5. The van der Waals surface area contributed by atoms with Gasteiger partial charge in [0.1, 0.15) is 12.2 Å². The Morgan fingerprint density at radius 3 is 2.43 bits per heavy atom. The van der Waals surface area contributed by atoms with E-state index < -0.39 is 45.6 Å². The Labute approximate surface area is 296 Å². The monoisotopic (exact) mass is 730 g/mol. The average Bonchev–Trinajstić information content (AvgIpc) is 3.01. The van der Waals surface area contributed by atoms with Crippen LogP contribution in [0.15, 0.2) is 60.8 Å². The maximum Gasteiger partial charge on any atom is 0.310 e. The number of hydroxylamine groups is 1. The number of nitrogens with one attached hydrogen (secondary N) is 2. The van der Waals surface area contributed by atoms with Gasteiger partial charge in [-0.3, -0.25) is 24.2 Å². The molecule has 11 nitrogen and oxygen atoms in total. The highest BCUT2D eigenvalue weighted by Gasteiger charge is 2.49. The molecule has 1 fully saturated rings. The second-order valence-electron chi connectivity index (χ2n) is 13.4. The van der Waals surface area contributed by atoms with Crippen LogP contribution in [0.25, 0.3) is 0 Å². The quantitative estimate of drug-likeness (QED) is 0.201. The van der Waals surface area contributed by atoms with Crippen LogP contribution < -0.4 is 10.2 Å². The van der Waals surface area contributed by atoms with E-state index in [-0.39, 0.29) is 29.9 Å². The third-order valence-electron chi connectivity index (χ3n) is 8.44. The first kappa shape index (κ1) is 36.7. The molecule has 2 aromatic carbocycles. The molecule has 5 rings (SSSR count). The van der Waals surface area contributed by atoms with Crippen molar-refractivity contribution in [3.8, 4) is 0 Å². The van der Waals surface area contributed by atoms with E-state index in [0.29, 0.717) is 45.8 Å². The molecule has 0 spiro atoms. The van der Waals surface area contributed by atoms with E-state index in [1.54, 1.807) is 86.5 Å². The van der Waals surface area contributed by atoms with E-state index >= 15 is 0 Å². The molecule has 2 N–H and O–H groups in total. The molecule has 49 heavy (non-hydrogen) atoms. The maximum absolute atomic E-state index is 14.4. The van der Waals surface area contributed by atoms with Gasteiger partial charge in [0.25, 0.3) is 11.8 Å². The predicted molar refractivity (Wildman–Crippen MR) is 185 cm³/mol. The Bertz CT molecular complexity index is 1820. The van der Waals surface area contributed by atoms with Crippen molar-refractivity contribution in [1.29, 1.82) is 0 Å². The summed E-state index contributed by atoms with van der Waals surface area (Å²) in [6, 6.07) is 13.1. The molecule has 0 bridgehead atoms. The van der Waals surface area contributed by atoms with Crippen LogP contribution in [0, 0.1) is 0 Å². The molecule has 3 aromatic rings. The van der Waals surface area contributed by atoms with Gasteiger partial charge >= 0.3 is 5.97 Å². The molecule has 1 aromatic heterocycles. The molecule has 2 aliphatic rings. The number of esters is 1. The molecule has 262 valence electrons. The normalized spacial score (nSPS) is 21.2. The van der Waals surface area contributed by atoms with Crippen molar-refractivity contribution in [1.82, 2.24) is 20.1 Å². The molecule has 2 heterocycles. The van der Waals surface area contributed by atoms with Crippen LogP contribution in [0.2, 0.25) is 10.0 Å². The van der Waals surface area contributed by atoms with Gasteiger partial charge in [-0.2, -0.15) is 0 Å². The molecule has 0 unspecified atom stereocenters. The lowest BCUT2D eigenvalue weighted by molar-refractivity contribution is -0.154. The summed E-state index contributed by atoms with van der Waals surface area (Å²) >= 11 is 13.0. The summed E-state index contributed by atoms with van der Waals surface area (Å²) in [6.45, 7) is 5.32. The van der Waals surface area contributed by atoms with Gasteiger partial charge in [-0.1, -0.05) is 66.4 Å². The Morgan fingerprint density at radius 2 is 1.76 bits per heavy atom. The summed E-state index contributed by atoms with van der Waals surface area (Å²) in [7, 11) is -3.61. The van der Waals surface area contributed by atoms with Crippen LogP contribution in [0.4, 0.5) is 0 Å². The maximum atomic E-state index is 14.4. The zero-order valence-electron chi connectivity index (χ0n) is 27.7. The van der Waals surface area contributed by atoms with Gasteiger partial charge < -0.3 is 9.64 Å². The van der Waals surface area contributed by atoms with Gasteiger partial charge in [0.05, 0.1) is 30.3 Å². The van der Waals surface area contributed by atoms with Gasteiger partial charge in [0, 0.05) is 33.9 Å². The van der Waals surface area contributed by atoms with Gasteiger partial charge in [0.15, 0.2) is 0 Å². The molecule has 0 radical (unpaired) electrons. The smallest absolute Gasteiger partial charge is 0.310 e. The van der Waals surface area contributed by atoms with Gasteiger partial charge in [-0.15, -0.1) is 0 Å². The molecule has 4 atom stereocenters. The first-order valence-corrected chi connectivity index (χ1v) is 18.7. The molecule has 2 amide bonds. The van der Waals surface area contributed by atoms with Gasteiger partial charge in [-0.05, 0) is 74.6 Å². The topological polar surface area (TPSA) is 144 Å². The number of carbonyl (C=O) groups excluding carboxylic acids is 3. The Morgan fingerprint density at radius 1 is 1.02 bits per heavy atom. The largest absolute Gasteiger partial charge is 0.460 e. The minimum Gasteiger partial charge on any atom is -0.460 e. The standard InChI is InChI=1S/C35H40Cl2N4O7S/c1-35(2,3)48-30(42)17-21-13-15-23(38-19-21)20-47-39-33(43)31-24-9-5-6-10-25(24)34(44)41(32(31)26-16-14-22(36)18-27(26)37)29-12-8-7-11-28(29)40-49(4,45)46/h5-6,9-10,13-16,18-19,28-29,31-32,40H,7-8,11-12,17,20H2,1-4H3,(H,39,43)/t28-,29-,31+,32-/m0/s1. The second kappa shape index (κ2) is 15.1. The fourth-order valence-corrected chi connectivity index (χ4v) is 7.91. The minimum absolute atomic E-state index is 0.0641. The Kier molecular flexibility index (Phi) is 11.3. The fraction of sp³-hybridized carbons (Fsp3) is 0.429. The third kappa shape index (κ3) is 9.17. The zero-order valence-corrected chi connectivity index (χ0v) is 30.1. The van der Waals surface area contributed by atoms with Gasteiger partial charge in [-0.25, -0.2) is 18.6 Å².